The fraction of sp³-hybridized carbons (Fsp3) is 0.208. The molecule has 2 heterocycles. The summed E-state index contributed by atoms with van der Waals surface area (Å²) in [6, 6.07) is 9.79. The third-order valence-corrected chi connectivity index (χ3v) is 6.59. The highest BCUT2D eigenvalue weighted by atomic mass is 32.1. The van der Waals surface area contributed by atoms with Crippen molar-refractivity contribution in [3.8, 4) is 17.2 Å². The van der Waals surface area contributed by atoms with Crippen LogP contribution in [0, 0.1) is 17.0 Å². The van der Waals surface area contributed by atoms with Gasteiger partial charge in [0.2, 0.25) is 0 Å². The van der Waals surface area contributed by atoms with Gasteiger partial charge in [-0.15, -0.1) is 0 Å². The van der Waals surface area contributed by atoms with Crippen LogP contribution in [0.25, 0.3) is 10.2 Å². The molecule has 0 fully saturated rings. The Bertz CT molecular complexity index is 1410. The van der Waals surface area contributed by atoms with E-state index in [0.717, 1.165) is 15.8 Å². The maximum Gasteiger partial charge on any atom is 0.286 e. The molecular formula is C24H22N4O6S. The molecule has 2 aromatic heterocycles. The van der Waals surface area contributed by atoms with E-state index in [4.69, 9.17) is 19.2 Å². The molecule has 0 aliphatic carbocycles. The summed E-state index contributed by atoms with van der Waals surface area (Å²) in [5.41, 5.74) is 1.75. The van der Waals surface area contributed by atoms with E-state index in [1.807, 2.05) is 25.1 Å². The Morgan fingerprint density at radius 2 is 1.80 bits per heavy atom. The quantitative estimate of drug-likeness (QED) is 0.254. The number of aryl methyl sites for hydroxylation is 1. The number of fused-ring (bicyclic) bond motifs is 1. The van der Waals surface area contributed by atoms with Crippen molar-refractivity contribution in [2.24, 2.45) is 0 Å². The molecule has 0 aliphatic rings. The topological polar surface area (TPSA) is 117 Å². The molecule has 4 rings (SSSR count). The number of pyridine rings is 1. The number of nitrogens with zero attached hydrogens (tertiary/aromatic N) is 4. The van der Waals surface area contributed by atoms with Crippen LogP contribution in [0.2, 0.25) is 0 Å². The van der Waals surface area contributed by atoms with E-state index in [1.165, 1.54) is 42.6 Å². The number of benzene rings is 2. The summed E-state index contributed by atoms with van der Waals surface area (Å²) in [6.45, 7) is 2.04. The van der Waals surface area contributed by atoms with E-state index in [9.17, 15) is 14.9 Å². The van der Waals surface area contributed by atoms with Gasteiger partial charge in [-0.1, -0.05) is 23.5 Å². The SMILES string of the molecule is COc1cc(C(=O)N(Cc2cccnc2)c2nc3c(OC)ccc(C)c3s2)c([N+](=O)[O-])cc1OC. The number of anilines is 1. The van der Waals surface area contributed by atoms with Crippen LogP contribution >= 0.6 is 11.3 Å². The van der Waals surface area contributed by atoms with Gasteiger partial charge in [0, 0.05) is 18.5 Å². The maximum absolute atomic E-state index is 13.9. The van der Waals surface area contributed by atoms with Gasteiger partial charge in [0.05, 0.1) is 43.6 Å². The van der Waals surface area contributed by atoms with Gasteiger partial charge >= 0.3 is 0 Å². The average Bonchev–Trinajstić information content (AvgIpc) is 3.33. The maximum atomic E-state index is 13.9. The average molecular weight is 495 g/mol. The van der Waals surface area contributed by atoms with Gasteiger partial charge in [0.25, 0.3) is 11.6 Å². The minimum atomic E-state index is -0.622. The van der Waals surface area contributed by atoms with Crippen LogP contribution < -0.4 is 19.1 Å². The number of aromatic nitrogens is 2. The fourth-order valence-corrected chi connectivity index (χ4v) is 4.66. The number of hydrogen-bond donors (Lipinski definition) is 0. The molecule has 2 aromatic carbocycles. The van der Waals surface area contributed by atoms with Crippen molar-refractivity contribution in [2.75, 3.05) is 26.2 Å². The van der Waals surface area contributed by atoms with Gasteiger partial charge in [-0.25, -0.2) is 4.98 Å². The van der Waals surface area contributed by atoms with Crippen molar-refractivity contribution in [3.05, 3.63) is 75.6 Å². The molecule has 0 unspecified atom stereocenters. The number of amides is 1. The minimum Gasteiger partial charge on any atom is -0.494 e. The summed E-state index contributed by atoms with van der Waals surface area (Å²) in [5.74, 6) is 0.302. The largest absolute Gasteiger partial charge is 0.494 e. The smallest absolute Gasteiger partial charge is 0.286 e. The summed E-state index contributed by atoms with van der Waals surface area (Å²) in [6.07, 6.45) is 3.25. The molecule has 0 saturated heterocycles. The van der Waals surface area contributed by atoms with E-state index < -0.39 is 16.5 Å². The lowest BCUT2D eigenvalue weighted by Crippen LogP contribution is -2.31. The molecule has 0 spiro atoms. The zero-order valence-corrected chi connectivity index (χ0v) is 20.3. The Morgan fingerprint density at radius 3 is 2.43 bits per heavy atom. The van der Waals surface area contributed by atoms with Crippen LogP contribution in [0.1, 0.15) is 21.5 Å². The first kappa shape index (κ1) is 23.9. The van der Waals surface area contributed by atoms with Gasteiger partial charge in [0.15, 0.2) is 16.6 Å². The van der Waals surface area contributed by atoms with Crippen LogP contribution in [-0.4, -0.2) is 42.1 Å². The second kappa shape index (κ2) is 9.94. The number of thiazole rings is 1. The summed E-state index contributed by atoms with van der Waals surface area (Å²) < 4.78 is 16.8. The van der Waals surface area contributed by atoms with Gasteiger partial charge in [-0.3, -0.25) is 24.8 Å². The lowest BCUT2D eigenvalue weighted by molar-refractivity contribution is -0.385. The van der Waals surface area contributed by atoms with Crippen molar-refractivity contribution in [1.29, 1.82) is 0 Å². The molecule has 0 bridgehead atoms. The Hall–Kier alpha value is -4.25. The highest BCUT2D eigenvalue weighted by Gasteiger charge is 2.31. The minimum absolute atomic E-state index is 0.0966. The first-order valence-electron chi connectivity index (χ1n) is 10.4. The summed E-state index contributed by atoms with van der Waals surface area (Å²) in [4.78, 5) is 35.4. The number of rotatable bonds is 8. The normalized spacial score (nSPS) is 10.7. The first-order valence-corrected chi connectivity index (χ1v) is 11.2. The second-order valence-electron chi connectivity index (χ2n) is 7.49. The van der Waals surface area contributed by atoms with Crippen molar-refractivity contribution in [1.82, 2.24) is 9.97 Å². The predicted molar refractivity (Wildman–Crippen MR) is 132 cm³/mol. The Balaban J connectivity index is 1.90. The van der Waals surface area contributed by atoms with Crippen LogP contribution in [0.3, 0.4) is 0 Å². The van der Waals surface area contributed by atoms with Gasteiger partial charge in [-0.05, 0) is 30.2 Å². The van der Waals surface area contributed by atoms with Crippen molar-refractivity contribution in [3.63, 3.8) is 0 Å². The molecule has 180 valence electrons. The molecule has 4 aromatic rings. The van der Waals surface area contributed by atoms with Gasteiger partial charge < -0.3 is 14.2 Å². The number of methoxy groups -OCH3 is 3. The number of carbonyl (C=O) groups excluding carboxylic acids is 1. The molecule has 0 atom stereocenters. The highest BCUT2D eigenvalue weighted by Crippen LogP contribution is 2.39. The highest BCUT2D eigenvalue weighted by molar-refractivity contribution is 7.22. The van der Waals surface area contributed by atoms with Crippen LogP contribution in [0.5, 0.6) is 17.2 Å². The number of nitro groups is 1. The van der Waals surface area contributed by atoms with Crippen molar-refractivity contribution < 1.29 is 23.9 Å². The third-order valence-electron chi connectivity index (χ3n) is 5.38. The molecule has 0 saturated carbocycles. The van der Waals surface area contributed by atoms with E-state index in [0.29, 0.717) is 16.4 Å². The standard InChI is InChI=1S/C24H22N4O6S/c1-14-7-8-18(32-2)21-22(14)35-24(26-21)27(13-15-6-5-9-25-12-15)23(29)16-10-19(33-3)20(34-4)11-17(16)28(30)31/h5-12H,13H2,1-4H3. The first-order chi connectivity index (χ1) is 16.9. The monoisotopic (exact) mass is 494 g/mol. The Kier molecular flexibility index (Phi) is 6.78. The molecule has 1 amide bonds. The molecule has 0 radical (unpaired) electrons. The van der Waals surface area contributed by atoms with Crippen molar-refractivity contribution >= 4 is 38.3 Å². The van der Waals surface area contributed by atoms with Gasteiger partial charge in [0.1, 0.15) is 16.8 Å². The Morgan fingerprint density at radius 1 is 1.09 bits per heavy atom. The number of hydrogen-bond acceptors (Lipinski definition) is 9. The summed E-state index contributed by atoms with van der Waals surface area (Å²) >= 11 is 1.30. The number of carbonyl (C=O) groups is 1. The summed E-state index contributed by atoms with van der Waals surface area (Å²) in [7, 11) is 4.32. The van der Waals surface area contributed by atoms with Crippen LogP contribution in [-0.2, 0) is 6.54 Å². The molecule has 35 heavy (non-hydrogen) atoms. The van der Waals surface area contributed by atoms with Crippen LogP contribution in [0.4, 0.5) is 10.8 Å². The predicted octanol–water partition coefficient (Wildman–Crippen LogP) is 4.78. The van der Waals surface area contributed by atoms with Crippen molar-refractivity contribution in [2.45, 2.75) is 13.5 Å². The third kappa shape index (κ3) is 4.58. The van der Waals surface area contributed by atoms with E-state index in [2.05, 4.69) is 4.98 Å². The number of ether oxygens (including phenoxy) is 3. The van der Waals surface area contributed by atoms with Crippen LogP contribution in [0.15, 0.2) is 48.8 Å². The summed E-state index contributed by atoms with van der Waals surface area (Å²) in [5, 5.41) is 12.2. The molecule has 11 heteroatoms. The molecule has 10 nitrogen and oxygen atoms in total. The zero-order chi connectivity index (χ0) is 25.1. The second-order valence-corrected chi connectivity index (χ2v) is 8.47. The zero-order valence-electron chi connectivity index (χ0n) is 19.5. The Labute approximate surface area is 204 Å². The van der Waals surface area contributed by atoms with E-state index in [-0.39, 0.29) is 23.6 Å². The molecular weight excluding hydrogens is 472 g/mol. The van der Waals surface area contributed by atoms with E-state index in [1.54, 1.807) is 25.6 Å². The molecule has 0 aliphatic heterocycles. The lowest BCUT2D eigenvalue weighted by atomic mass is 10.1. The molecule has 0 N–H and O–H groups in total. The van der Waals surface area contributed by atoms with E-state index >= 15 is 0 Å². The lowest BCUT2D eigenvalue weighted by Gasteiger charge is -2.20. The fourth-order valence-electron chi connectivity index (χ4n) is 3.62. The number of nitro benzene ring substituents is 1. The van der Waals surface area contributed by atoms with Gasteiger partial charge in [-0.2, -0.15) is 0 Å².